The highest BCUT2D eigenvalue weighted by atomic mass is 32.1. The molecule has 0 saturated heterocycles. The summed E-state index contributed by atoms with van der Waals surface area (Å²) in [6.45, 7) is 0. The second-order valence-electron chi connectivity index (χ2n) is 14.7. The van der Waals surface area contributed by atoms with Gasteiger partial charge in [-0.1, -0.05) is 78.9 Å². The van der Waals surface area contributed by atoms with Gasteiger partial charge < -0.3 is 14.6 Å². The van der Waals surface area contributed by atoms with Gasteiger partial charge in [-0.15, -0.1) is 11.3 Å². The van der Waals surface area contributed by atoms with Crippen LogP contribution in [0, 0.1) is 11.8 Å². The second kappa shape index (κ2) is 11.7. The molecule has 3 aliphatic carbocycles. The molecule has 2 aromatic heterocycles. The van der Waals surface area contributed by atoms with Crippen LogP contribution in [-0.2, 0) is 0 Å². The summed E-state index contributed by atoms with van der Waals surface area (Å²) in [7, 11) is 0. The molecule has 0 fully saturated rings. The van der Waals surface area contributed by atoms with Gasteiger partial charge in [0.2, 0.25) is 0 Å². The average molecular weight is 683 g/mol. The number of hydrogen-bond acceptors (Lipinski definition) is 6. The smallest absolute Gasteiger partial charge is 0.148 e. The molecule has 5 nitrogen and oxygen atoms in total. The lowest BCUT2D eigenvalue weighted by molar-refractivity contribution is 0.586. The van der Waals surface area contributed by atoms with E-state index < -0.39 is 0 Å². The first-order valence-electron chi connectivity index (χ1n) is 18.6. The molecule has 0 radical (unpaired) electrons. The zero-order chi connectivity index (χ0) is 33.5. The molecule has 4 atom stereocenters. The van der Waals surface area contributed by atoms with Crippen LogP contribution in [0.5, 0.6) is 0 Å². The highest BCUT2D eigenvalue weighted by molar-refractivity contribution is 7.17. The van der Waals surface area contributed by atoms with Crippen LogP contribution in [0.3, 0.4) is 0 Å². The summed E-state index contributed by atoms with van der Waals surface area (Å²) < 4.78 is 9.51. The molecule has 4 aromatic carbocycles. The van der Waals surface area contributed by atoms with Gasteiger partial charge in [0.05, 0.1) is 6.04 Å². The van der Waals surface area contributed by atoms with Crippen molar-refractivity contribution in [3.05, 3.63) is 135 Å². The van der Waals surface area contributed by atoms with Crippen LogP contribution in [0.25, 0.3) is 44.2 Å². The van der Waals surface area contributed by atoms with E-state index in [1.807, 2.05) is 17.4 Å². The van der Waals surface area contributed by atoms with Gasteiger partial charge in [-0.2, -0.15) is 0 Å². The molecule has 0 bridgehead atoms. The SMILES string of the molecule is C1=CCC(C2=NC(c3ccc4c(c3)oc3cc(N5C6=C(CCCC6)C6C=c7c(sc8ccccc78)=CC65)ccc34)NC(c3ccccc3)=N2)CC1. The number of rotatable bonds is 4. The van der Waals surface area contributed by atoms with Crippen molar-refractivity contribution in [3.63, 3.8) is 0 Å². The number of hydrogen-bond donors (Lipinski definition) is 1. The lowest BCUT2D eigenvalue weighted by atomic mass is 9.85. The standard InChI is InChI=1S/C45H38N4OS/c1-3-11-27(12-4-1)43-46-44(28-13-5-2-6-14-28)48-45(47-43)29-19-21-32-33-22-20-30(24-40(33)50-39(32)23-29)49-37-17-9-7-15-31(37)35-25-36-34-16-8-10-18-41(34)51-42(36)26-38(35)49/h1-5,8,10-12,16,18-26,28,35,38,45H,6-7,9,13-15,17H2,(H,46,47,48). The Labute approximate surface area is 300 Å². The summed E-state index contributed by atoms with van der Waals surface area (Å²) in [5.41, 5.74) is 8.39. The van der Waals surface area contributed by atoms with Gasteiger partial charge in [-0.05, 0) is 91.5 Å². The Bertz CT molecular complexity index is 2640. The number of furan rings is 1. The summed E-state index contributed by atoms with van der Waals surface area (Å²) in [4.78, 5) is 12.9. The number of nitrogens with zero attached hydrogens (tertiary/aromatic N) is 3. The third-order valence-electron chi connectivity index (χ3n) is 11.7. The Balaban J connectivity index is 0.974. The van der Waals surface area contributed by atoms with Crippen molar-refractivity contribution in [1.82, 2.24) is 5.32 Å². The maximum Gasteiger partial charge on any atom is 0.148 e. The van der Waals surface area contributed by atoms with E-state index in [4.69, 9.17) is 14.4 Å². The minimum Gasteiger partial charge on any atom is -0.456 e. The van der Waals surface area contributed by atoms with Crippen molar-refractivity contribution in [2.75, 3.05) is 4.90 Å². The number of benzene rings is 4. The number of anilines is 1. The lowest BCUT2D eigenvalue weighted by Gasteiger charge is -2.31. The van der Waals surface area contributed by atoms with E-state index in [0.29, 0.717) is 17.9 Å². The number of fused-ring (bicyclic) bond motifs is 8. The minimum atomic E-state index is -0.234. The first-order chi connectivity index (χ1) is 25.2. The molecule has 0 saturated carbocycles. The molecule has 4 unspecified atom stereocenters. The Morgan fingerprint density at radius 3 is 2.55 bits per heavy atom. The molecular weight excluding hydrogens is 645 g/mol. The molecule has 51 heavy (non-hydrogen) atoms. The van der Waals surface area contributed by atoms with Crippen LogP contribution in [0.2, 0.25) is 0 Å². The van der Waals surface area contributed by atoms with Gasteiger partial charge >= 0.3 is 0 Å². The molecule has 6 aromatic rings. The largest absolute Gasteiger partial charge is 0.456 e. The Hall–Kier alpha value is -5.20. The van der Waals surface area contributed by atoms with E-state index in [-0.39, 0.29) is 6.17 Å². The van der Waals surface area contributed by atoms with Crippen molar-refractivity contribution in [2.45, 2.75) is 57.2 Å². The van der Waals surface area contributed by atoms with E-state index in [1.54, 1.807) is 5.57 Å². The summed E-state index contributed by atoms with van der Waals surface area (Å²) in [6, 6.07) is 33.1. The first kappa shape index (κ1) is 29.5. The van der Waals surface area contributed by atoms with Gasteiger partial charge in [0.15, 0.2) is 0 Å². The van der Waals surface area contributed by atoms with E-state index in [0.717, 1.165) is 70.4 Å². The van der Waals surface area contributed by atoms with E-state index in [2.05, 4.69) is 119 Å². The fraction of sp³-hybridized carbons (Fsp3) is 0.244. The molecule has 11 rings (SSSR count). The summed E-state index contributed by atoms with van der Waals surface area (Å²) in [5, 5.41) is 8.77. The molecule has 4 heterocycles. The second-order valence-corrected chi connectivity index (χ2v) is 15.7. The lowest BCUT2D eigenvalue weighted by Crippen LogP contribution is -2.39. The van der Waals surface area contributed by atoms with Gasteiger partial charge in [-0.25, -0.2) is 9.98 Å². The van der Waals surface area contributed by atoms with Gasteiger partial charge in [0.1, 0.15) is 29.0 Å². The Morgan fingerprint density at radius 2 is 1.65 bits per heavy atom. The fourth-order valence-corrected chi connectivity index (χ4v) is 10.4. The summed E-state index contributed by atoms with van der Waals surface area (Å²) in [6.07, 6.45) is 17.5. The molecular formula is C45H38N4OS. The van der Waals surface area contributed by atoms with Crippen LogP contribution >= 0.6 is 11.3 Å². The molecule has 6 heteroatoms. The monoisotopic (exact) mass is 682 g/mol. The van der Waals surface area contributed by atoms with Crippen LogP contribution in [0.15, 0.2) is 129 Å². The fourth-order valence-electron chi connectivity index (χ4n) is 9.21. The quantitative estimate of drug-likeness (QED) is 0.189. The number of aliphatic imine (C=N–C) groups is 2. The van der Waals surface area contributed by atoms with Crippen LogP contribution in [0.4, 0.5) is 5.69 Å². The molecule has 0 amide bonds. The molecule has 1 N–H and O–H groups in total. The van der Waals surface area contributed by atoms with Crippen LogP contribution < -0.4 is 20.0 Å². The molecule has 5 aliphatic rings. The first-order valence-corrected chi connectivity index (χ1v) is 19.4. The number of nitrogens with one attached hydrogen (secondary N) is 1. The molecule has 2 aliphatic heterocycles. The topological polar surface area (TPSA) is 53.1 Å². The average Bonchev–Trinajstić information content (AvgIpc) is 3.85. The van der Waals surface area contributed by atoms with Gasteiger partial charge in [0.25, 0.3) is 0 Å². The number of amidine groups is 2. The zero-order valence-corrected chi connectivity index (χ0v) is 29.2. The summed E-state index contributed by atoms with van der Waals surface area (Å²) >= 11 is 1.93. The third-order valence-corrected chi connectivity index (χ3v) is 12.8. The van der Waals surface area contributed by atoms with E-state index >= 15 is 0 Å². The third kappa shape index (κ3) is 4.80. The zero-order valence-electron chi connectivity index (χ0n) is 28.4. The number of thiophene rings is 1. The van der Waals surface area contributed by atoms with Crippen molar-refractivity contribution in [1.29, 1.82) is 0 Å². The van der Waals surface area contributed by atoms with Crippen LogP contribution in [0.1, 0.15) is 62.2 Å². The van der Waals surface area contributed by atoms with Gasteiger partial charge in [-0.3, -0.25) is 0 Å². The van der Waals surface area contributed by atoms with Crippen molar-refractivity contribution in [3.8, 4) is 0 Å². The molecule has 0 spiro atoms. The minimum absolute atomic E-state index is 0.234. The van der Waals surface area contributed by atoms with Crippen molar-refractivity contribution < 1.29 is 4.42 Å². The predicted octanol–water partition coefficient (Wildman–Crippen LogP) is 9.51. The maximum absolute atomic E-state index is 6.73. The maximum atomic E-state index is 6.73. The van der Waals surface area contributed by atoms with Crippen molar-refractivity contribution >= 4 is 72.9 Å². The Morgan fingerprint density at radius 1 is 0.804 bits per heavy atom. The Kier molecular flexibility index (Phi) is 6.76. The van der Waals surface area contributed by atoms with E-state index in [9.17, 15) is 0 Å². The highest BCUT2D eigenvalue weighted by Gasteiger charge is 2.41. The van der Waals surface area contributed by atoms with Gasteiger partial charge in [0, 0.05) is 60.4 Å². The van der Waals surface area contributed by atoms with Crippen molar-refractivity contribution in [2.24, 2.45) is 21.8 Å². The summed E-state index contributed by atoms with van der Waals surface area (Å²) in [5.74, 6) is 2.58. The normalized spacial score (nSPS) is 24.0. The predicted molar refractivity (Wildman–Crippen MR) is 212 cm³/mol. The molecule has 250 valence electrons. The van der Waals surface area contributed by atoms with E-state index in [1.165, 1.54) is 50.5 Å². The highest BCUT2D eigenvalue weighted by Crippen LogP contribution is 2.47. The number of allylic oxidation sites excluding steroid dienone is 3. The van der Waals surface area contributed by atoms with Crippen LogP contribution in [-0.4, -0.2) is 17.7 Å².